The van der Waals surface area contributed by atoms with E-state index in [0.29, 0.717) is 22.3 Å². The first-order valence-electron chi connectivity index (χ1n) is 15.2. The molecule has 6 aromatic carbocycles. The van der Waals surface area contributed by atoms with E-state index in [1.807, 2.05) is 127 Å². The van der Waals surface area contributed by atoms with Gasteiger partial charge in [0.2, 0.25) is 0 Å². The van der Waals surface area contributed by atoms with Crippen molar-refractivity contribution in [2.24, 2.45) is 9.98 Å². The summed E-state index contributed by atoms with van der Waals surface area (Å²) in [5.41, 5.74) is 8.41. The zero-order valence-electron chi connectivity index (χ0n) is 25.1. The van der Waals surface area contributed by atoms with Crippen molar-refractivity contribution in [2.45, 2.75) is 6.17 Å². The Morgan fingerprint density at radius 2 is 1.13 bits per heavy atom. The number of nitrogens with zero attached hydrogens (tertiary/aromatic N) is 4. The Morgan fingerprint density at radius 1 is 0.553 bits per heavy atom. The van der Waals surface area contributed by atoms with Crippen molar-refractivity contribution in [3.63, 3.8) is 0 Å². The summed E-state index contributed by atoms with van der Waals surface area (Å²) in [5.74, 6) is 1.45. The zero-order chi connectivity index (χ0) is 31.7. The fourth-order valence-corrected chi connectivity index (χ4v) is 6.25. The van der Waals surface area contributed by atoms with Crippen LogP contribution in [0, 0.1) is 22.7 Å². The average molecular weight is 604 g/mol. The molecule has 6 heteroatoms. The number of fused-ring (bicyclic) bond motifs is 3. The van der Waals surface area contributed by atoms with E-state index in [1.54, 1.807) is 6.07 Å². The van der Waals surface area contributed by atoms with Crippen molar-refractivity contribution in [2.75, 3.05) is 0 Å². The van der Waals surface area contributed by atoms with Crippen LogP contribution < -0.4 is 5.32 Å². The van der Waals surface area contributed by atoms with Crippen LogP contribution in [-0.4, -0.2) is 11.7 Å². The molecule has 220 valence electrons. The van der Waals surface area contributed by atoms with Crippen LogP contribution in [0.25, 0.3) is 44.2 Å². The number of furan rings is 1. The third-order valence-electron chi connectivity index (χ3n) is 8.44. The molecule has 0 radical (unpaired) electrons. The Hall–Kier alpha value is -6.76. The lowest BCUT2D eigenvalue weighted by atomic mass is 9.91. The van der Waals surface area contributed by atoms with Crippen molar-refractivity contribution in [3.05, 3.63) is 167 Å². The molecule has 1 aliphatic rings. The molecule has 6 nitrogen and oxygen atoms in total. The summed E-state index contributed by atoms with van der Waals surface area (Å²) in [5, 5.41) is 25.3. The monoisotopic (exact) mass is 603 g/mol. The molecular weight excluding hydrogens is 578 g/mol. The summed E-state index contributed by atoms with van der Waals surface area (Å²) in [6.45, 7) is 0. The third kappa shape index (κ3) is 4.91. The third-order valence-corrected chi connectivity index (χ3v) is 8.44. The van der Waals surface area contributed by atoms with Gasteiger partial charge in [-0.15, -0.1) is 0 Å². The minimum atomic E-state index is -0.573. The summed E-state index contributed by atoms with van der Waals surface area (Å²) in [7, 11) is 0. The highest BCUT2D eigenvalue weighted by Gasteiger charge is 2.25. The first-order chi connectivity index (χ1) is 23.2. The molecule has 0 aliphatic carbocycles. The number of benzene rings is 6. The number of amidine groups is 2. The molecule has 0 saturated carbocycles. The first kappa shape index (κ1) is 27.8. The lowest BCUT2D eigenvalue weighted by molar-refractivity contribution is 0.668. The molecule has 1 aromatic heterocycles. The SMILES string of the molecule is N#Cc1ccccc1-c1cc(-c2ccccc2C#N)c2oc3cccc(C4N=C(c5ccccc5)NC(c5ccccc5)=N4)c3c2c1. The number of hydrogen-bond acceptors (Lipinski definition) is 6. The lowest BCUT2D eigenvalue weighted by Gasteiger charge is -2.22. The van der Waals surface area contributed by atoms with Crippen molar-refractivity contribution in [1.29, 1.82) is 10.5 Å². The maximum absolute atomic E-state index is 10.1. The number of aliphatic imine (C=N–C) groups is 2. The van der Waals surface area contributed by atoms with Gasteiger partial charge in [-0.25, -0.2) is 9.98 Å². The lowest BCUT2D eigenvalue weighted by Crippen LogP contribution is -2.36. The highest BCUT2D eigenvalue weighted by atomic mass is 16.3. The van der Waals surface area contributed by atoms with Crippen molar-refractivity contribution >= 4 is 33.6 Å². The van der Waals surface area contributed by atoms with Gasteiger partial charge in [-0.1, -0.05) is 109 Å². The molecule has 0 atom stereocenters. The predicted octanol–water partition coefficient (Wildman–Crippen LogP) is 9.16. The topological polar surface area (TPSA) is 97.5 Å². The van der Waals surface area contributed by atoms with E-state index < -0.39 is 6.17 Å². The molecule has 0 unspecified atom stereocenters. The van der Waals surface area contributed by atoms with E-state index in [1.165, 1.54) is 0 Å². The van der Waals surface area contributed by atoms with Gasteiger partial charge in [0.25, 0.3) is 0 Å². The smallest absolute Gasteiger partial charge is 0.170 e. The molecule has 8 rings (SSSR count). The van der Waals surface area contributed by atoms with Crippen LogP contribution in [0.2, 0.25) is 0 Å². The highest BCUT2D eigenvalue weighted by molar-refractivity contribution is 6.17. The van der Waals surface area contributed by atoms with E-state index in [4.69, 9.17) is 14.4 Å². The van der Waals surface area contributed by atoms with Crippen LogP contribution in [0.5, 0.6) is 0 Å². The molecule has 0 spiro atoms. The molecule has 0 fully saturated rings. The summed E-state index contributed by atoms with van der Waals surface area (Å²) in [6.07, 6.45) is -0.573. The Morgan fingerprint density at radius 3 is 1.77 bits per heavy atom. The zero-order valence-corrected chi connectivity index (χ0v) is 25.1. The van der Waals surface area contributed by atoms with Gasteiger partial charge in [0.1, 0.15) is 22.8 Å². The molecule has 0 saturated heterocycles. The van der Waals surface area contributed by atoms with Crippen LogP contribution >= 0.6 is 0 Å². The van der Waals surface area contributed by atoms with Gasteiger partial charge in [0.05, 0.1) is 23.3 Å². The van der Waals surface area contributed by atoms with Gasteiger partial charge in [0.15, 0.2) is 6.17 Å². The van der Waals surface area contributed by atoms with E-state index in [2.05, 4.69) is 23.5 Å². The van der Waals surface area contributed by atoms with Gasteiger partial charge in [-0.2, -0.15) is 10.5 Å². The number of nitrogens with one attached hydrogen (secondary N) is 1. The Kier molecular flexibility index (Phi) is 6.87. The molecule has 0 bridgehead atoms. The van der Waals surface area contributed by atoms with Gasteiger partial charge in [0, 0.05) is 38.6 Å². The summed E-state index contributed by atoms with van der Waals surface area (Å²) in [4.78, 5) is 10.3. The van der Waals surface area contributed by atoms with E-state index >= 15 is 0 Å². The maximum Gasteiger partial charge on any atom is 0.170 e. The van der Waals surface area contributed by atoms with Gasteiger partial charge in [-0.3, -0.25) is 0 Å². The van der Waals surface area contributed by atoms with Gasteiger partial charge in [-0.05, 0) is 41.5 Å². The molecular formula is C41H25N5O. The quantitative estimate of drug-likeness (QED) is 0.212. The molecule has 0 amide bonds. The van der Waals surface area contributed by atoms with Crippen LogP contribution in [0.15, 0.2) is 154 Å². The normalized spacial score (nSPS) is 13.0. The molecule has 47 heavy (non-hydrogen) atoms. The second kappa shape index (κ2) is 11.6. The Balaban J connectivity index is 1.42. The summed E-state index contributed by atoms with van der Waals surface area (Å²) in [6, 6.07) is 49.9. The summed E-state index contributed by atoms with van der Waals surface area (Å²) >= 11 is 0. The molecule has 2 heterocycles. The van der Waals surface area contributed by atoms with Crippen LogP contribution in [-0.2, 0) is 0 Å². The van der Waals surface area contributed by atoms with Crippen molar-refractivity contribution < 1.29 is 4.42 Å². The Labute approximate surface area is 271 Å². The van der Waals surface area contributed by atoms with Crippen molar-refractivity contribution in [1.82, 2.24) is 5.32 Å². The fraction of sp³-hybridized carbons (Fsp3) is 0.0244. The highest BCUT2D eigenvalue weighted by Crippen LogP contribution is 2.43. The molecule has 7 aromatic rings. The van der Waals surface area contributed by atoms with Gasteiger partial charge >= 0.3 is 0 Å². The number of hydrogen-bond donors (Lipinski definition) is 1. The minimum absolute atomic E-state index is 0.535. The summed E-state index contributed by atoms with van der Waals surface area (Å²) < 4.78 is 6.65. The van der Waals surface area contributed by atoms with E-state index in [9.17, 15) is 10.5 Å². The largest absolute Gasteiger partial charge is 0.455 e. The number of nitriles is 2. The maximum atomic E-state index is 10.1. The fourth-order valence-electron chi connectivity index (χ4n) is 6.25. The Bertz CT molecular complexity index is 2410. The van der Waals surface area contributed by atoms with Gasteiger partial charge < -0.3 is 9.73 Å². The predicted molar refractivity (Wildman–Crippen MR) is 186 cm³/mol. The van der Waals surface area contributed by atoms with E-state index in [-0.39, 0.29) is 0 Å². The van der Waals surface area contributed by atoms with Crippen molar-refractivity contribution in [3.8, 4) is 34.4 Å². The second-order valence-electron chi connectivity index (χ2n) is 11.2. The second-order valence-corrected chi connectivity index (χ2v) is 11.2. The standard InChI is InChI=1S/C41H25N5O/c42-24-28-16-7-9-18-31(28)30-22-34(32-19-10-8-17-29(32)25-43)38-35(23-30)37-33(20-11-21-36(37)47-38)41-45-39(26-12-3-1-4-13-26)44-40(46-41)27-14-5-2-6-15-27/h1-23,41H,(H,44,45,46). The molecule has 1 aliphatic heterocycles. The minimum Gasteiger partial charge on any atom is -0.455 e. The van der Waals surface area contributed by atoms with Crippen LogP contribution in [0.1, 0.15) is 34.0 Å². The first-order valence-corrected chi connectivity index (χ1v) is 15.2. The van der Waals surface area contributed by atoms with Crippen LogP contribution in [0.3, 0.4) is 0 Å². The van der Waals surface area contributed by atoms with Crippen LogP contribution in [0.4, 0.5) is 0 Å². The average Bonchev–Trinajstić information content (AvgIpc) is 3.54. The van der Waals surface area contributed by atoms with E-state index in [0.717, 1.165) is 61.4 Å². The number of rotatable bonds is 5. The molecule has 1 N–H and O–H groups in total.